The van der Waals surface area contributed by atoms with Gasteiger partial charge in [0.15, 0.2) is 0 Å². The van der Waals surface area contributed by atoms with Gasteiger partial charge in [-0.25, -0.2) is 14.4 Å². The number of ether oxygens (including phenoxy) is 2. The molecule has 0 aliphatic rings. The van der Waals surface area contributed by atoms with Crippen molar-refractivity contribution in [3.05, 3.63) is 62.9 Å². The second kappa shape index (κ2) is 19.6. The Morgan fingerprint density at radius 1 is 0.816 bits per heavy atom. The minimum Gasteiger partial charge on any atom is -0.481 e. The molecule has 0 saturated carbocycles. The minimum atomic E-state index is -1.03. The van der Waals surface area contributed by atoms with Crippen LogP contribution in [-0.4, -0.2) is 64.4 Å². The number of nitrogens with one attached hydrogen (secondary N) is 1. The van der Waals surface area contributed by atoms with E-state index in [0.717, 1.165) is 17.4 Å². The van der Waals surface area contributed by atoms with Crippen LogP contribution in [0, 0.1) is 3.57 Å². The topological polar surface area (TPSA) is 206 Å². The van der Waals surface area contributed by atoms with Crippen molar-refractivity contribution in [2.75, 3.05) is 20.0 Å². The van der Waals surface area contributed by atoms with Gasteiger partial charge in [-0.1, -0.05) is 7.43 Å². The number of H-pyrrole nitrogens is 1. The summed E-state index contributed by atoms with van der Waals surface area (Å²) in [6.45, 7) is 2.17. The maximum atomic E-state index is 11.2. The van der Waals surface area contributed by atoms with E-state index >= 15 is 0 Å². The number of halogens is 1. The number of hydrogen-bond donors (Lipinski definition) is 5. The Kier molecular flexibility index (Phi) is 20.1. The largest absolute Gasteiger partial charge is 0.481 e. The van der Waals surface area contributed by atoms with E-state index in [1.165, 1.54) is 20.3 Å². The number of benzene rings is 2. The third-order valence-corrected chi connectivity index (χ3v) is 4.63. The number of fused-ring (bicyclic) bond motifs is 1. The number of nitrogens with two attached hydrogens (primary N) is 1. The number of esters is 2. The molecule has 12 nitrogen and oxygen atoms in total. The first-order valence-corrected chi connectivity index (χ1v) is 10.8. The molecule has 0 aliphatic carbocycles. The normalized spacial score (nSPS) is 8.66. The van der Waals surface area contributed by atoms with E-state index in [4.69, 9.17) is 30.6 Å². The summed E-state index contributed by atoms with van der Waals surface area (Å²) in [7, 11) is 2.65. The van der Waals surface area contributed by atoms with Crippen LogP contribution in [0.15, 0.2) is 42.5 Å². The van der Waals surface area contributed by atoms with E-state index in [1.807, 2.05) is 0 Å². The molecule has 14 heteroatoms. The van der Waals surface area contributed by atoms with Gasteiger partial charge in [-0.2, -0.15) is 0 Å². The Hall–Kier alpha value is -3.48. The number of methoxy groups -OCH3 is 2. The van der Waals surface area contributed by atoms with E-state index in [1.54, 1.807) is 36.4 Å². The summed E-state index contributed by atoms with van der Waals surface area (Å²) < 4.78 is 9.98. The first-order valence-electron chi connectivity index (χ1n) is 9.70. The van der Waals surface area contributed by atoms with E-state index in [9.17, 15) is 14.4 Å². The van der Waals surface area contributed by atoms with Crippen LogP contribution in [-0.2, 0) is 39.5 Å². The Bertz CT molecular complexity index is 1220. The average Bonchev–Trinajstić information content (AvgIpc) is 3.23. The molecule has 3 rings (SSSR count). The van der Waals surface area contributed by atoms with Gasteiger partial charge in [0.05, 0.1) is 25.3 Å². The standard InChI is InChI=1S/C11H9NO4.C8H8INO2.2C2H4O2.CH4.Pd/c1-16-11(15)6-2-3-8-7(4-6)5-9(12-8)10(13)14;1-12-8(11)5-2-3-7(10)6(9)4-5;2*1-2(3)4;;/h2-5,12H,1H3,(H,13,14);2-4H,10H2,1H3;2*1H3,(H,3,4);1H4;. The molecule has 0 bridgehead atoms. The molecule has 38 heavy (non-hydrogen) atoms. The molecule has 6 N–H and O–H groups in total. The van der Waals surface area contributed by atoms with E-state index < -0.39 is 23.9 Å². The minimum absolute atomic E-state index is 0. The monoisotopic (exact) mass is 738 g/mol. The summed E-state index contributed by atoms with van der Waals surface area (Å²) in [6, 6.07) is 11.3. The van der Waals surface area contributed by atoms with Crippen LogP contribution in [0.3, 0.4) is 0 Å². The van der Waals surface area contributed by atoms with Crippen LogP contribution >= 0.6 is 22.6 Å². The van der Waals surface area contributed by atoms with Gasteiger partial charge < -0.3 is 35.5 Å². The molecule has 0 amide bonds. The Morgan fingerprint density at radius 2 is 1.24 bits per heavy atom. The van der Waals surface area contributed by atoms with Gasteiger partial charge in [-0.3, -0.25) is 9.59 Å². The van der Waals surface area contributed by atoms with Gasteiger partial charge in [0.25, 0.3) is 11.9 Å². The molecule has 1 heterocycles. The third kappa shape index (κ3) is 14.9. The molecule has 0 spiro atoms. The Labute approximate surface area is 246 Å². The van der Waals surface area contributed by atoms with Crippen LogP contribution in [0.4, 0.5) is 5.69 Å². The maximum absolute atomic E-state index is 11.2. The second-order valence-corrected chi connectivity index (χ2v) is 7.71. The second-order valence-electron chi connectivity index (χ2n) is 6.55. The first kappa shape index (κ1) is 39.0. The van der Waals surface area contributed by atoms with E-state index in [0.29, 0.717) is 27.7 Å². The van der Waals surface area contributed by atoms with E-state index in [2.05, 4.69) is 37.0 Å². The summed E-state index contributed by atoms with van der Waals surface area (Å²) in [5, 5.41) is 24.3. The van der Waals surface area contributed by atoms with Gasteiger partial charge in [0.1, 0.15) is 5.69 Å². The van der Waals surface area contributed by atoms with Crippen LogP contribution in [0.1, 0.15) is 52.5 Å². The molecule has 1 aromatic heterocycles. The van der Waals surface area contributed by atoms with Gasteiger partial charge in [-0.05, 0) is 65.1 Å². The summed E-state index contributed by atoms with van der Waals surface area (Å²) in [4.78, 5) is 53.7. The number of aromatic nitrogens is 1. The van der Waals surface area contributed by atoms with Gasteiger partial charge >= 0.3 is 17.9 Å². The fraction of sp³-hybridized carbons (Fsp3) is 0.208. The fourth-order valence-electron chi connectivity index (χ4n) is 2.26. The summed E-state index contributed by atoms with van der Waals surface area (Å²) in [6.07, 6.45) is 0. The third-order valence-electron chi connectivity index (χ3n) is 3.69. The number of rotatable bonds is 3. The Morgan fingerprint density at radius 3 is 1.63 bits per heavy atom. The molecule has 2 aromatic carbocycles. The number of hydrogen-bond acceptors (Lipinski definition) is 8. The molecule has 0 fully saturated rings. The number of aromatic carboxylic acids is 1. The van der Waals surface area contributed by atoms with Crippen molar-refractivity contribution in [2.45, 2.75) is 21.3 Å². The number of anilines is 1. The number of carbonyl (C=O) groups is 5. The number of aromatic amines is 1. The first-order chi connectivity index (χ1) is 16.7. The quantitative estimate of drug-likeness (QED) is 0.112. The molecule has 212 valence electrons. The van der Waals surface area contributed by atoms with Gasteiger partial charge in [0.2, 0.25) is 0 Å². The molecular formula is C24H29IN2O10Pd. The SMILES string of the molecule is C.CC(=O)O.CC(=O)O.COC(=O)c1ccc(N)c(I)c1.COC(=O)c1ccc2[nH]c(C(=O)O)cc2c1.[Pd]. The summed E-state index contributed by atoms with van der Waals surface area (Å²) in [5.41, 5.74) is 7.92. The number of carboxylic acid groups (broad SMARTS) is 3. The van der Waals surface area contributed by atoms with E-state index in [-0.39, 0.29) is 39.5 Å². The van der Waals surface area contributed by atoms with Gasteiger partial charge in [0, 0.05) is 54.4 Å². The molecule has 0 radical (unpaired) electrons. The van der Waals surface area contributed by atoms with Crippen molar-refractivity contribution in [3.8, 4) is 0 Å². The van der Waals surface area contributed by atoms with Crippen LogP contribution < -0.4 is 5.73 Å². The molecule has 0 saturated heterocycles. The molecule has 0 aliphatic heterocycles. The number of nitrogen functional groups attached to an aromatic ring is 1. The van der Waals surface area contributed by atoms with Crippen LogP contribution in [0.2, 0.25) is 0 Å². The van der Waals surface area contributed by atoms with Crippen molar-refractivity contribution in [2.24, 2.45) is 0 Å². The summed E-state index contributed by atoms with van der Waals surface area (Å²) in [5.74, 6) is -3.48. The van der Waals surface area contributed by atoms with Crippen molar-refractivity contribution in [1.82, 2.24) is 4.98 Å². The fourth-order valence-corrected chi connectivity index (χ4v) is 2.78. The van der Waals surface area contributed by atoms with Crippen molar-refractivity contribution in [3.63, 3.8) is 0 Å². The predicted octanol–water partition coefficient (Wildman–Crippen LogP) is 4.13. The van der Waals surface area contributed by atoms with Gasteiger partial charge in [-0.15, -0.1) is 0 Å². The number of carbonyl (C=O) groups excluding carboxylic acids is 2. The zero-order valence-electron chi connectivity index (χ0n) is 20.0. The molecule has 0 unspecified atom stereocenters. The van der Waals surface area contributed by atoms with Crippen molar-refractivity contribution < 1.29 is 69.2 Å². The predicted molar refractivity (Wildman–Crippen MR) is 145 cm³/mol. The Balaban J connectivity index is -0.000000494. The average molecular weight is 739 g/mol. The van der Waals surface area contributed by atoms with Crippen LogP contribution in [0.25, 0.3) is 10.9 Å². The number of aliphatic carboxylic acids is 2. The maximum Gasteiger partial charge on any atom is 0.352 e. The smallest absolute Gasteiger partial charge is 0.352 e. The molecule has 3 aromatic rings. The van der Waals surface area contributed by atoms with Crippen LogP contribution in [0.5, 0.6) is 0 Å². The van der Waals surface area contributed by atoms with Crippen molar-refractivity contribution >= 4 is 69.0 Å². The van der Waals surface area contributed by atoms with Crippen molar-refractivity contribution in [1.29, 1.82) is 0 Å². The zero-order valence-corrected chi connectivity index (χ0v) is 23.7. The molecular weight excluding hydrogens is 710 g/mol. The summed E-state index contributed by atoms with van der Waals surface area (Å²) >= 11 is 2.07. The zero-order chi connectivity index (χ0) is 28.0. The molecule has 0 atom stereocenters. The number of carboxylic acids is 3.